The van der Waals surface area contributed by atoms with Crippen LogP contribution in [0, 0.1) is 13.8 Å². The molecule has 0 aliphatic heterocycles. The second-order valence-electron chi connectivity index (χ2n) is 5.03. The molecule has 112 valence electrons. The second kappa shape index (κ2) is 5.85. The maximum atomic E-state index is 12.8. The quantitative estimate of drug-likeness (QED) is 0.924. The first kappa shape index (κ1) is 15.5. The zero-order chi connectivity index (χ0) is 15.6. The van der Waals surface area contributed by atoms with Crippen molar-refractivity contribution < 1.29 is 13.2 Å². The maximum Gasteiger partial charge on any atom is 0.416 e. The van der Waals surface area contributed by atoms with Crippen molar-refractivity contribution in [1.82, 2.24) is 10.3 Å². The number of benzene rings is 1. The van der Waals surface area contributed by atoms with E-state index in [9.17, 15) is 13.2 Å². The smallest absolute Gasteiger partial charge is 0.309 e. The lowest BCUT2D eigenvalue weighted by molar-refractivity contribution is -0.137. The highest BCUT2D eigenvalue weighted by Crippen LogP contribution is 2.32. The summed E-state index contributed by atoms with van der Waals surface area (Å²) in [5.41, 5.74) is 2.54. The number of aromatic nitrogens is 1. The van der Waals surface area contributed by atoms with Crippen molar-refractivity contribution in [2.24, 2.45) is 0 Å². The zero-order valence-corrected chi connectivity index (χ0v) is 12.1. The van der Waals surface area contributed by atoms with Crippen LogP contribution in [-0.2, 0) is 6.18 Å². The summed E-state index contributed by atoms with van der Waals surface area (Å²) in [5.74, 6) is 0. The number of aryl methyl sites for hydroxylation is 2. The van der Waals surface area contributed by atoms with Gasteiger partial charge in [-0.25, -0.2) is 0 Å². The Labute approximate surface area is 122 Å². The molecule has 2 aromatic rings. The fourth-order valence-corrected chi connectivity index (χ4v) is 2.45. The monoisotopic (exact) mass is 294 g/mol. The molecule has 0 aliphatic carbocycles. The van der Waals surface area contributed by atoms with E-state index in [2.05, 4.69) is 10.3 Å². The van der Waals surface area contributed by atoms with Crippen molar-refractivity contribution in [1.29, 1.82) is 0 Å². The predicted molar refractivity (Wildman–Crippen MR) is 76.1 cm³/mol. The van der Waals surface area contributed by atoms with Crippen LogP contribution in [0.3, 0.4) is 0 Å². The maximum absolute atomic E-state index is 12.8. The Kier molecular flexibility index (Phi) is 4.32. The summed E-state index contributed by atoms with van der Waals surface area (Å²) in [4.78, 5) is 4.29. The third-order valence-electron chi connectivity index (χ3n) is 3.27. The van der Waals surface area contributed by atoms with Gasteiger partial charge in [0, 0.05) is 11.4 Å². The van der Waals surface area contributed by atoms with E-state index >= 15 is 0 Å². The van der Waals surface area contributed by atoms with Crippen LogP contribution in [0.25, 0.3) is 0 Å². The van der Waals surface area contributed by atoms with Crippen LogP contribution in [0.1, 0.15) is 34.1 Å². The van der Waals surface area contributed by atoms with Gasteiger partial charge >= 0.3 is 6.18 Å². The van der Waals surface area contributed by atoms with Gasteiger partial charge in [0.1, 0.15) is 0 Å². The summed E-state index contributed by atoms with van der Waals surface area (Å²) < 4.78 is 38.5. The third-order valence-corrected chi connectivity index (χ3v) is 3.27. The highest BCUT2D eigenvalue weighted by Gasteiger charge is 2.31. The molecule has 0 spiro atoms. The van der Waals surface area contributed by atoms with Gasteiger partial charge in [-0.1, -0.05) is 12.1 Å². The first-order valence-corrected chi connectivity index (χ1v) is 6.61. The van der Waals surface area contributed by atoms with Gasteiger partial charge in [0.25, 0.3) is 0 Å². The Morgan fingerprint density at radius 3 is 2.14 bits per heavy atom. The molecule has 0 saturated carbocycles. The Morgan fingerprint density at radius 1 is 1.00 bits per heavy atom. The van der Waals surface area contributed by atoms with E-state index in [0.29, 0.717) is 5.56 Å². The molecule has 0 saturated heterocycles. The third kappa shape index (κ3) is 3.61. The average Bonchev–Trinajstić information content (AvgIpc) is 2.38. The molecule has 1 unspecified atom stereocenters. The Morgan fingerprint density at radius 2 is 1.62 bits per heavy atom. The van der Waals surface area contributed by atoms with E-state index < -0.39 is 11.7 Å². The van der Waals surface area contributed by atoms with Gasteiger partial charge in [0.2, 0.25) is 0 Å². The fraction of sp³-hybridized carbons (Fsp3) is 0.312. The van der Waals surface area contributed by atoms with Crippen molar-refractivity contribution in [3.8, 4) is 0 Å². The van der Waals surface area contributed by atoms with Gasteiger partial charge in [-0.15, -0.1) is 0 Å². The van der Waals surface area contributed by atoms with Crippen molar-refractivity contribution in [2.75, 3.05) is 7.05 Å². The zero-order valence-electron chi connectivity index (χ0n) is 12.1. The fourth-order valence-electron chi connectivity index (χ4n) is 2.45. The minimum absolute atomic E-state index is 0.298. The summed E-state index contributed by atoms with van der Waals surface area (Å²) in [6.45, 7) is 3.74. The summed E-state index contributed by atoms with van der Waals surface area (Å²) in [7, 11) is 1.73. The molecule has 1 aromatic heterocycles. The van der Waals surface area contributed by atoms with Crippen LogP contribution in [0.15, 0.2) is 36.4 Å². The minimum atomic E-state index is -4.33. The molecule has 2 nitrogen and oxygen atoms in total. The predicted octanol–water partition coefficient (Wildman–Crippen LogP) is 4.03. The number of rotatable bonds is 3. The average molecular weight is 294 g/mol. The lowest BCUT2D eigenvalue weighted by atomic mass is 9.96. The van der Waals surface area contributed by atoms with E-state index in [-0.39, 0.29) is 6.04 Å². The summed E-state index contributed by atoms with van der Waals surface area (Å²) >= 11 is 0. The van der Waals surface area contributed by atoms with Crippen LogP contribution in [0.2, 0.25) is 0 Å². The van der Waals surface area contributed by atoms with Gasteiger partial charge in [0.15, 0.2) is 0 Å². The first-order valence-electron chi connectivity index (χ1n) is 6.61. The van der Waals surface area contributed by atoms with E-state index in [1.807, 2.05) is 26.0 Å². The lowest BCUT2D eigenvalue weighted by Gasteiger charge is -2.19. The molecular weight excluding hydrogens is 277 g/mol. The van der Waals surface area contributed by atoms with E-state index in [1.165, 1.54) is 12.1 Å². The second-order valence-corrected chi connectivity index (χ2v) is 5.03. The van der Waals surface area contributed by atoms with Crippen LogP contribution in [-0.4, -0.2) is 12.0 Å². The summed E-state index contributed by atoms with van der Waals surface area (Å²) in [6.07, 6.45) is -4.33. The van der Waals surface area contributed by atoms with Crippen molar-refractivity contribution in [3.05, 3.63) is 64.5 Å². The van der Waals surface area contributed by atoms with E-state index in [1.54, 1.807) is 13.1 Å². The van der Waals surface area contributed by atoms with Gasteiger partial charge in [-0.05, 0) is 56.3 Å². The van der Waals surface area contributed by atoms with Crippen LogP contribution < -0.4 is 5.32 Å². The molecule has 0 radical (unpaired) electrons. The van der Waals surface area contributed by atoms with Gasteiger partial charge in [-0.2, -0.15) is 13.2 Å². The molecule has 0 fully saturated rings. The lowest BCUT2D eigenvalue weighted by Crippen LogP contribution is -2.19. The number of halogens is 3. The molecule has 1 heterocycles. The Balaban J connectivity index is 2.46. The SMILES string of the molecule is CNC(c1cccc(C(F)(F)F)c1)c1cc(C)nc(C)c1. The van der Waals surface area contributed by atoms with Crippen LogP contribution in [0.5, 0.6) is 0 Å². The molecule has 21 heavy (non-hydrogen) atoms. The normalized spacial score (nSPS) is 13.2. The number of hydrogen-bond donors (Lipinski definition) is 1. The molecule has 2 rings (SSSR count). The largest absolute Gasteiger partial charge is 0.416 e. The Hall–Kier alpha value is -1.88. The number of nitrogens with zero attached hydrogens (tertiary/aromatic N) is 1. The highest BCUT2D eigenvalue weighted by atomic mass is 19.4. The summed E-state index contributed by atoms with van der Waals surface area (Å²) in [6, 6.07) is 8.87. The molecule has 0 aliphatic rings. The molecule has 1 N–H and O–H groups in total. The highest BCUT2D eigenvalue weighted by molar-refractivity contribution is 5.36. The number of alkyl halides is 3. The number of hydrogen-bond acceptors (Lipinski definition) is 2. The number of nitrogens with one attached hydrogen (secondary N) is 1. The molecule has 0 bridgehead atoms. The summed E-state index contributed by atoms with van der Waals surface area (Å²) in [5, 5.41) is 3.07. The molecular formula is C16H17F3N2. The van der Waals surface area contributed by atoms with Crippen LogP contribution >= 0.6 is 0 Å². The molecule has 1 aromatic carbocycles. The number of pyridine rings is 1. The van der Waals surface area contributed by atoms with Crippen LogP contribution in [0.4, 0.5) is 13.2 Å². The van der Waals surface area contributed by atoms with Crippen molar-refractivity contribution >= 4 is 0 Å². The Bertz CT molecular complexity index is 615. The van der Waals surface area contributed by atoms with E-state index in [0.717, 1.165) is 23.0 Å². The van der Waals surface area contributed by atoms with Gasteiger partial charge in [0.05, 0.1) is 11.6 Å². The first-order chi connectivity index (χ1) is 9.81. The van der Waals surface area contributed by atoms with E-state index in [4.69, 9.17) is 0 Å². The molecule has 0 amide bonds. The molecule has 1 atom stereocenters. The van der Waals surface area contributed by atoms with Gasteiger partial charge < -0.3 is 5.32 Å². The molecule has 5 heteroatoms. The van der Waals surface area contributed by atoms with Gasteiger partial charge in [-0.3, -0.25) is 4.98 Å². The topological polar surface area (TPSA) is 24.9 Å². The minimum Gasteiger partial charge on any atom is -0.309 e. The van der Waals surface area contributed by atoms with Crippen molar-refractivity contribution in [3.63, 3.8) is 0 Å². The van der Waals surface area contributed by atoms with Crippen molar-refractivity contribution in [2.45, 2.75) is 26.1 Å². The standard InChI is InChI=1S/C16H17F3N2/c1-10-7-13(8-11(2)21-10)15(20-3)12-5-4-6-14(9-12)16(17,18)19/h4-9,15,20H,1-3H3.